The van der Waals surface area contributed by atoms with Gasteiger partial charge in [0, 0.05) is 25.3 Å². The summed E-state index contributed by atoms with van der Waals surface area (Å²) in [6, 6.07) is 0.652. The predicted octanol–water partition coefficient (Wildman–Crippen LogP) is -2.66. The molecule has 1 aliphatic carbocycles. The van der Waals surface area contributed by atoms with Gasteiger partial charge in [0.05, 0.1) is 25.2 Å². The molecule has 4 unspecified atom stereocenters. The highest BCUT2D eigenvalue weighted by molar-refractivity contribution is 5.80. The molecule has 1 N–H and O–H groups in total. The number of halogens is 1. The van der Waals surface area contributed by atoms with E-state index in [0.717, 1.165) is 25.2 Å². The minimum Gasteiger partial charge on any atom is -1.00 e. The molecule has 3 heterocycles. The zero-order valence-corrected chi connectivity index (χ0v) is 12.3. The third-order valence-electron chi connectivity index (χ3n) is 5.71. The first-order chi connectivity index (χ1) is 8.30. The van der Waals surface area contributed by atoms with E-state index in [1.165, 1.54) is 32.4 Å². The first-order valence-corrected chi connectivity index (χ1v) is 7.13. The van der Waals surface area contributed by atoms with Gasteiger partial charge in [-0.15, -0.1) is 0 Å². The summed E-state index contributed by atoms with van der Waals surface area (Å²) in [5.41, 5.74) is 0.264. The van der Waals surface area contributed by atoms with Gasteiger partial charge in [0.25, 0.3) is 0 Å². The van der Waals surface area contributed by atoms with E-state index in [2.05, 4.69) is 17.3 Å². The Hall–Kier alpha value is -0.350. The summed E-state index contributed by atoms with van der Waals surface area (Å²) in [4.78, 5) is 16.1. The summed E-state index contributed by atoms with van der Waals surface area (Å²) in [6.07, 6.45) is 11.4. The Bertz CT molecular complexity index is 397. The number of ketones is 1. The molecule has 1 saturated carbocycles. The molecule has 0 aromatic carbocycles. The van der Waals surface area contributed by atoms with E-state index in [1.807, 2.05) is 0 Å². The van der Waals surface area contributed by atoms with Gasteiger partial charge in [0.1, 0.15) is 17.5 Å². The van der Waals surface area contributed by atoms with Gasteiger partial charge in [-0.3, -0.25) is 4.79 Å². The van der Waals surface area contributed by atoms with Crippen molar-refractivity contribution >= 4 is 5.78 Å². The van der Waals surface area contributed by atoms with Crippen molar-refractivity contribution in [2.45, 2.75) is 50.1 Å². The summed E-state index contributed by atoms with van der Waals surface area (Å²) in [5.74, 6) is 1.31. The van der Waals surface area contributed by atoms with Crippen molar-refractivity contribution in [3.8, 4) is 0 Å². The summed E-state index contributed by atoms with van der Waals surface area (Å²) in [5, 5.41) is 0. The van der Waals surface area contributed by atoms with Crippen LogP contribution < -0.4 is 21.9 Å². The number of rotatable bonds is 0. The van der Waals surface area contributed by atoms with Crippen LogP contribution in [0.2, 0.25) is 0 Å². The molecule has 0 amide bonds. The van der Waals surface area contributed by atoms with Crippen molar-refractivity contribution in [3.05, 3.63) is 12.4 Å². The highest BCUT2D eigenvalue weighted by atomic mass is 79.9. The minimum absolute atomic E-state index is 0. The van der Waals surface area contributed by atoms with Gasteiger partial charge in [0.2, 0.25) is 0 Å². The molecule has 0 bridgehead atoms. The van der Waals surface area contributed by atoms with Crippen LogP contribution in [0.5, 0.6) is 0 Å². The summed E-state index contributed by atoms with van der Waals surface area (Å²) in [7, 11) is 0. The Balaban J connectivity index is 0.000001000. The molecule has 4 atom stereocenters. The topological polar surface area (TPSA) is 24.8 Å². The molecule has 4 aliphatic rings. The summed E-state index contributed by atoms with van der Waals surface area (Å²) >= 11 is 0. The molecule has 0 radical (unpaired) electrons. The lowest BCUT2D eigenvalue weighted by molar-refractivity contribution is -0.898. The quantitative estimate of drug-likeness (QED) is 0.528. The lowest BCUT2D eigenvalue weighted by Crippen LogP contribution is -3.18. The molecule has 0 aromatic heterocycles. The van der Waals surface area contributed by atoms with Crippen molar-refractivity contribution in [2.75, 3.05) is 13.1 Å². The van der Waals surface area contributed by atoms with Gasteiger partial charge < -0.3 is 26.8 Å². The van der Waals surface area contributed by atoms with E-state index in [1.54, 1.807) is 4.90 Å². The number of Topliss-reactive ketones (excluding diaryl/α,β-unsaturated/α-hetero) is 1. The zero-order chi connectivity index (χ0) is 11.5. The third-order valence-corrected chi connectivity index (χ3v) is 5.71. The zero-order valence-electron chi connectivity index (χ0n) is 10.7. The smallest absolute Gasteiger partial charge is 0.139 e. The molecule has 3 fully saturated rings. The Labute approximate surface area is 119 Å². The van der Waals surface area contributed by atoms with Crippen molar-refractivity contribution in [2.24, 2.45) is 5.92 Å². The number of carbonyl (C=O) groups is 1. The number of hydrogen-bond acceptors (Lipinski definition) is 2. The Kier molecular flexibility index (Phi) is 3.06. The van der Waals surface area contributed by atoms with Crippen molar-refractivity contribution in [1.82, 2.24) is 4.90 Å². The maximum Gasteiger partial charge on any atom is 0.139 e. The number of nitrogens with zero attached hydrogens (tertiary/aromatic N) is 1. The minimum atomic E-state index is 0. The average molecular weight is 313 g/mol. The predicted molar refractivity (Wildman–Crippen MR) is 64.4 cm³/mol. The molecule has 4 rings (SSSR count). The normalized spacial score (nSPS) is 45.2. The second-order valence-corrected chi connectivity index (χ2v) is 6.27. The second kappa shape index (κ2) is 4.34. The molecular weight excluding hydrogens is 292 g/mol. The van der Waals surface area contributed by atoms with Crippen LogP contribution in [0.1, 0.15) is 38.5 Å². The lowest BCUT2D eigenvalue weighted by atomic mass is 9.67. The molecular formula is C14H21BrN2O. The second-order valence-electron chi connectivity index (χ2n) is 6.27. The number of quaternary nitrogens is 1. The number of nitrogens with one attached hydrogen (secondary N) is 1. The van der Waals surface area contributed by atoms with Crippen molar-refractivity contribution in [1.29, 1.82) is 0 Å². The fourth-order valence-corrected chi connectivity index (χ4v) is 5.04. The maximum absolute atomic E-state index is 12.0. The summed E-state index contributed by atoms with van der Waals surface area (Å²) in [6.45, 7) is 2.45. The van der Waals surface area contributed by atoms with E-state index in [0.29, 0.717) is 11.8 Å². The fourth-order valence-electron chi connectivity index (χ4n) is 5.04. The third kappa shape index (κ3) is 1.48. The van der Waals surface area contributed by atoms with Gasteiger partial charge in [-0.2, -0.15) is 0 Å². The molecule has 3 nitrogen and oxygen atoms in total. The average Bonchev–Trinajstić information content (AvgIpc) is 2.90. The van der Waals surface area contributed by atoms with Crippen LogP contribution in [-0.2, 0) is 4.79 Å². The van der Waals surface area contributed by atoms with Crippen LogP contribution >= 0.6 is 0 Å². The fraction of sp³-hybridized carbons (Fsp3) is 0.786. The van der Waals surface area contributed by atoms with E-state index in [4.69, 9.17) is 0 Å². The molecule has 100 valence electrons. The van der Waals surface area contributed by atoms with Crippen molar-refractivity contribution < 1.29 is 26.7 Å². The molecule has 0 aromatic rings. The first-order valence-electron chi connectivity index (χ1n) is 7.13. The first kappa shape index (κ1) is 12.7. The van der Waals surface area contributed by atoms with Crippen LogP contribution in [-0.4, -0.2) is 35.4 Å². The van der Waals surface area contributed by atoms with Crippen molar-refractivity contribution in [3.63, 3.8) is 0 Å². The standard InChI is InChI=1S/C14H20N2O.BrH/c17-12-4-3-11-5-7-16-9-8-15-6-1-2-13(15)14(11,16)10-12;/h8-9,11,13H,1-7,10H2;1H. The Morgan fingerprint density at radius 2 is 2.22 bits per heavy atom. The highest BCUT2D eigenvalue weighted by Crippen LogP contribution is 2.43. The maximum atomic E-state index is 12.0. The van der Waals surface area contributed by atoms with Crippen LogP contribution in [0.3, 0.4) is 0 Å². The Morgan fingerprint density at radius 3 is 3.11 bits per heavy atom. The number of hydrogen-bond donors (Lipinski definition) is 1. The largest absolute Gasteiger partial charge is 1.00 e. The van der Waals surface area contributed by atoms with Crippen LogP contribution in [0.15, 0.2) is 12.4 Å². The van der Waals surface area contributed by atoms with Crippen LogP contribution in [0.25, 0.3) is 0 Å². The van der Waals surface area contributed by atoms with E-state index >= 15 is 0 Å². The molecule has 2 saturated heterocycles. The van der Waals surface area contributed by atoms with Gasteiger partial charge in [-0.05, 0) is 19.3 Å². The Morgan fingerprint density at radius 1 is 1.33 bits per heavy atom. The van der Waals surface area contributed by atoms with Crippen LogP contribution in [0, 0.1) is 5.92 Å². The molecule has 4 heteroatoms. The van der Waals surface area contributed by atoms with E-state index < -0.39 is 0 Å². The van der Waals surface area contributed by atoms with Gasteiger partial charge in [-0.25, -0.2) is 0 Å². The highest BCUT2D eigenvalue weighted by Gasteiger charge is 2.62. The number of fused-ring (bicyclic) bond motifs is 1. The molecule has 1 spiro atoms. The van der Waals surface area contributed by atoms with Gasteiger partial charge in [-0.1, -0.05) is 0 Å². The lowest BCUT2D eigenvalue weighted by Gasteiger charge is -2.49. The SMILES string of the molecule is O=C1CCC2CC[NH+]3C=CN4CCCC4C23C1.[Br-]. The number of carbonyl (C=O) groups excluding carboxylic acids is 1. The molecule has 3 aliphatic heterocycles. The van der Waals surface area contributed by atoms with Crippen LogP contribution in [0.4, 0.5) is 0 Å². The summed E-state index contributed by atoms with van der Waals surface area (Å²) < 4.78 is 0. The van der Waals surface area contributed by atoms with Gasteiger partial charge in [0.15, 0.2) is 0 Å². The van der Waals surface area contributed by atoms with Gasteiger partial charge >= 0.3 is 0 Å². The van der Waals surface area contributed by atoms with E-state index in [9.17, 15) is 4.79 Å². The molecule has 18 heavy (non-hydrogen) atoms. The van der Waals surface area contributed by atoms with E-state index in [-0.39, 0.29) is 22.5 Å². The monoisotopic (exact) mass is 312 g/mol.